The molecule has 0 aliphatic carbocycles. The number of benzene rings is 1. The number of piperidine rings is 1. The molecule has 132 valence electrons. The van der Waals surface area contributed by atoms with Crippen LogP contribution in [0.4, 0.5) is 4.39 Å². The third-order valence-corrected chi connectivity index (χ3v) is 4.50. The fourth-order valence-corrected chi connectivity index (χ4v) is 3.32. The number of aromatic nitrogens is 2. The first-order valence-corrected chi connectivity index (χ1v) is 8.50. The lowest BCUT2D eigenvalue weighted by molar-refractivity contribution is -0.137. The highest BCUT2D eigenvalue weighted by molar-refractivity contribution is 5.66. The van der Waals surface area contributed by atoms with Gasteiger partial charge in [-0.15, -0.1) is 0 Å². The molecule has 6 heteroatoms. The quantitative estimate of drug-likeness (QED) is 0.876. The SMILES string of the molecule is O=C(O)Cn1nccc1[C@@H]1CCCN(C/C=C/c2ccc(F)cc2)C1. The van der Waals surface area contributed by atoms with Crippen LogP contribution in [-0.2, 0) is 11.3 Å². The first kappa shape index (κ1) is 17.4. The Balaban J connectivity index is 1.59. The third kappa shape index (κ3) is 4.76. The number of nitrogens with zero attached hydrogens (tertiary/aromatic N) is 3. The number of likely N-dealkylation sites (tertiary alicyclic amines) is 1. The van der Waals surface area contributed by atoms with Gasteiger partial charge in [0.2, 0.25) is 0 Å². The maximum atomic E-state index is 12.9. The Kier molecular flexibility index (Phi) is 5.60. The number of rotatable bonds is 6. The molecule has 1 aromatic heterocycles. The van der Waals surface area contributed by atoms with Gasteiger partial charge >= 0.3 is 5.97 Å². The molecule has 1 aliphatic heterocycles. The molecule has 0 spiro atoms. The van der Waals surface area contributed by atoms with Crippen molar-refractivity contribution < 1.29 is 14.3 Å². The van der Waals surface area contributed by atoms with Crippen molar-refractivity contribution in [2.75, 3.05) is 19.6 Å². The van der Waals surface area contributed by atoms with Crippen molar-refractivity contribution in [3.8, 4) is 0 Å². The van der Waals surface area contributed by atoms with Gasteiger partial charge in [0.1, 0.15) is 12.4 Å². The summed E-state index contributed by atoms with van der Waals surface area (Å²) in [6, 6.07) is 8.36. The van der Waals surface area contributed by atoms with E-state index in [1.54, 1.807) is 23.0 Å². The molecule has 1 atom stereocenters. The van der Waals surface area contributed by atoms with Crippen LogP contribution in [0.15, 0.2) is 42.6 Å². The summed E-state index contributed by atoms with van der Waals surface area (Å²) >= 11 is 0. The van der Waals surface area contributed by atoms with E-state index in [-0.39, 0.29) is 12.4 Å². The number of carbonyl (C=O) groups is 1. The lowest BCUT2D eigenvalue weighted by Crippen LogP contribution is -2.35. The van der Waals surface area contributed by atoms with E-state index in [9.17, 15) is 9.18 Å². The summed E-state index contributed by atoms with van der Waals surface area (Å²) in [5, 5.41) is 13.1. The van der Waals surface area contributed by atoms with Gasteiger partial charge in [-0.25, -0.2) is 4.39 Å². The molecule has 25 heavy (non-hydrogen) atoms. The average molecular weight is 343 g/mol. The Hall–Kier alpha value is -2.47. The molecule has 1 N–H and O–H groups in total. The molecular formula is C19H22FN3O2. The molecule has 1 saturated heterocycles. The Morgan fingerprint density at radius 3 is 2.88 bits per heavy atom. The van der Waals surface area contributed by atoms with Crippen LogP contribution < -0.4 is 0 Å². The maximum Gasteiger partial charge on any atom is 0.325 e. The van der Waals surface area contributed by atoms with Crippen LogP contribution in [0, 0.1) is 5.82 Å². The van der Waals surface area contributed by atoms with Crippen LogP contribution in [-0.4, -0.2) is 45.4 Å². The van der Waals surface area contributed by atoms with Crippen molar-refractivity contribution >= 4 is 12.0 Å². The standard InChI is InChI=1S/C19H22FN3O2/c20-17-7-5-15(6-8-17)3-1-11-22-12-2-4-16(13-22)18-9-10-21-23(18)14-19(24)25/h1,3,5-10,16H,2,4,11-14H2,(H,24,25)/b3-1+/t16-/m1/s1. The van der Waals surface area contributed by atoms with Gasteiger partial charge in [0.15, 0.2) is 0 Å². The van der Waals surface area contributed by atoms with E-state index in [1.807, 2.05) is 12.1 Å². The van der Waals surface area contributed by atoms with Crippen molar-refractivity contribution in [2.24, 2.45) is 0 Å². The average Bonchev–Trinajstić information content (AvgIpc) is 3.04. The Morgan fingerprint density at radius 1 is 1.32 bits per heavy atom. The summed E-state index contributed by atoms with van der Waals surface area (Å²) in [7, 11) is 0. The maximum absolute atomic E-state index is 12.9. The Bertz CT molecular complexity index is 739. The summed E-state index contributed by atoms with van der Waals surface area (Å²) in [4.78, 5) is 13.3. The van der Waals surface area contributed by atoms with E-state index in [1.165, 1.54) is 12.1 Å². The zero-order valence-corrected chi connectivity index (χ0v) is 14.0. The molecule has 0 saturated carbocycles. The highest BCUT2D eigenvalue weighted by Gasteiger charge is 2.23. The number of halogens is 1. The second kappa shape index (κ2) is 8.07. The summed E-state index contributed by atoms with van der Waals surface area (Å²) in [5.41, 5.74) is 1.98. The topological polar surface area (TPSA) is 58.4 Å². The molecule has 1 aliphatic rings. The van der Waals surface area contributed by atoms with E-state index >= 15 is 0 Å². The predicted molar refractivity (Wildman–Crippen MR) is 93.7 cm³/mol. The molecule has 0 radical (unpaired) electrons. The van der Waals surface area contributed by atoms with Crippen molar-refractivity contribution in [2.45, 2.75) is 25.3 Å². The van der Waals surface area contributed by atoms with Gasteiger partial charge in [0, 0.05) is 30.9 Å². The van der Waals surface area contributed by atoms with Gasteiger partial charge in [0.25, 0.3) is 0 Å². The van der Waals surface area contributed by atoms with Crippen molar-refractivity contribution in [3.63, 3.8) is 0 Å². The van der Waals surface area contributed by atoms with Gasteiger partial charge in [-0.2, -0.15) is 5.10 Å². The van der Waals surface area contributed by atoms with E-state index in [0.717, 1.165) is 43.7 Å². The Morgan fingerprint density at radius 2 is 2.12 bits per heavy atom. The molecule has 1 aromatic carbocycles. The summed E-state index contributed by atoms with van der Waals surface area (Å²) in [6.07, 6.45) is 7.88. The summed E-state index contributed by atoms with van der Waals surface area (Å²) in [5.74, 6) is -0.802. The molecule has 0 bridgehead atoms. The second-order valence-corrected chi connectivity index (χ2v) is 6.36. The lowest BCUT2D eigenvalue weighted by atomic mass is 9.94. The zero-order valence-electron chi connectivity index (χ0n) is 14.0. The van der Waals surface area contributed by atoms with Crippen LogP contribution in [0.1, 0.15) is 30.0 Å². The second-order valence-electron chi connectivity index (χ2n) is 6.36. The van der Waals surface area contributed by atoms with Crippen LogP contribution in [0.2, 0.25) is 0 Å². The fraction of sp³-hybridized carbons (Fsp3) is 0.368. The van der Waals surface area contributed by atoms with E-state index < -0.39 is 5.97 Å². The highest BCUT2D eigenvalue weighted by Crippen LogP contribution is 2.26. The van der Waals surface area contributed by atoms with Gasteiger partial charge in [-0.05, 0) is 43.1 Å². The molecule has 0 amide bonds. The number of carboxylic acid groups (broad SMARTS) is 1. The molecule has 0 unspecified atom stereocenters. The molecule has 2 aromatic rings. The number of aliphatic carboxylic acids is 1. The van der Waals surface area contributed by atoms with Gasteiger partial charge in [-0.3, -0.25) is 14.4 Å². The predicted octanol–water partition coefficient (Wildman–Crippen LogP) is 3.00. The van der Waals surface area contributed by atoms with Crippen molar-refractivity contribution in [1.29, 1.82) is 0 Å². The normalized spacial score (nSPS) is 18.7. The van der Waals surface area contributed by atoms with Gasteiger partial charge in [-0.1, -0.05) is 24.3 Å². The molecule has 1 fully saturated rings. The van der Waals surface area contributed by atoms with E-state index in [0.29, 0.717) is 5.92 Å². The molecule has 5 nitrogen and oxygen atoms in total. The van der Waals surface area contributed by atoms with Gasteiger partial charge in [0.05, 0.1) is 0 Å². The number of hydrogen-bond acceptors (Lipinski definition) is 3. The third-order valence-electron chi connectivity index (χ3n) is 4.50. The minimum Gasteiger partial charge on any atom is -0.480 e. The van der Waals surface area contributed by atoms with E-state index in [2.05, 4.69) is 16.1 Å². The van der Waals surface area contributed by atoms with Crippen molar-refractivity contribution in [1.82, 2.24) is 14.7 Å². The lowest BCUT2D eigenvalue weighted by Gasteiger charge is -2.32. The van der Waals surface area contributed by atoms with E-state index in [4.69, 9.17) is 5.11 Å². The molecular weight excluding hydrogens is 321 g/mol. The largest absolute Gasteiger partial charge is 0.480 e. The molecule has 2 heterocycles. The van der Waals surface area contributed by atoms with Gasteiger partial charge < -0.3 is 5.11 Å². The minimum atomic E-state index is -0.875. The monoisotopic (exact) mass is 343 g/mol. The first-order valence-electron chi connectivity index (χ1n) is 8.50. The van der Waals surface area contributed by atoms with Crippen LogP contribution in [0.3, 0.4) is 0 Å². The van der Waals surface area contributed by atoms with Crippen LogP contribution in [0.5, 0.6) is 0 Å². The number of carboxylic acids is 1. The number of hydrogen-bond donors (Lipinski definition) is 1. The zero-order chi connectivity index (χ0) is 17.6. The first-order chi connectivity index (χ1) is 12.1. The fourth-order valence-electron chi connectivity index (χ4n) is 3.32. The Labute approximate surface area is 146 Å². The minimum absolute atomic E-state index is 0.0939. The highest BCUT2D eigenvalue weighted by atomic mass is 19.1. The summed E-state index contributed by atoms with van der Waals surface area (Å²) in [6.45, 7) is 2.64. The smallest absolute Gasteiger partial charge is 0.325 e. The summed E-state index contributed by atoms with van der Waals surface area (Å²) < 4.78 is 14.5. The van der Waals surface area contributed by atoms with Crippen molar-refractivity contribution in [3.05, 3.63) is 59.7 Å². The van der Waals surface area contributed by atoms with Crippen LogP contribution >= 0.6 is 0 Å². The van der Waals surface area contributed by atoms with Crippen LogP contribution in [0.25, 0.3) is 6.08 Å². The molecule has 3 rings (SSSR count).